The number of carbonyl (C=O) groups is 4. The van der Waals surface area contributed by atoms with E-state index in [0.29, 0.717) is 24.3 Å². The highest BCUT2D eigenvalue weighted by Crippen LogP contribution is 2.22. The van der Waals surface area contributed by atoms with E-state index in [1.54, 1.807) is 0 Å². The minimum atomic E-state index is -1.42. The molecule has 1 fully saturated rings. The van der Waals surface area contributed by atoms with Crippen molar-refractivity contribution in [3.63, 3.8) is 0 Å². The van der Waals surface area contributed by atoms with Crippen LogP contribution < -0.4 is 55.6 Å². The number of hydrogen-bond acceptors (Lipinski definition) is 6. The molecular weight excluding hydrogens is 970 g/mol. The number of amides is 3. The van der Waals surface area contributed by atoms with Crippen LogP contribution in [0.4, 0.5) is 0 Å². The first-order valence-electron chi connectivity index (χ1n) is 23.1. The van der Waals surface area contributed by atoms with Crippen molar-refractivity contribution in [2.75, 3.05) is 12.3 Å². The summed E-state index contributed by atoms with van der Waals surface area (Å²) in [5, 5.41) is 11.2. The number of hydrogen-bond donors (Lipinski definition) is 2. The lowest BCUT2D eigenvalue weighted by Crippen LogP contribution is -3.00. The van der Waals surface area contributed by atoms with Crippen LogP contribution in [0.15, 0.2) is 109 Å². The highest BCUT2D eigenvalue weighted by atomic mass is 79.9. The number of fused-ring (bicyclic) bond motifs is 2. The van der Waals surface area contributed by atoms with Gasteiger partial charge >= 0.3 is 5.97 Å². The molecule has 7 rings (SSSR count). The summed E-state index contributed by atoms with van der Waals surface area (Å²) < 4.78 is 35.5. The second-order valence-corrected chi connectivity index (χ2v) is 17.5. The standard InChI is InChI=1S/C22H24NOP.C15H18NO4P.C11H11N.4CH4.2BrH/c1-15-11-16(2)22(17(3)12-15)25-14-21(24)23-13-19-9-6-8-18-7-4-5-10-20(18)19;1-9-6-10(2)15(11(3)7-9)21-8-14(19)20-16-12(17)4-5-13(16)18;12-8-10-6-3-5-9-4-1-2-7-11(9)10;;;;;;/h4-12,25H,13-14H2,1-3H3,(H,23,24);6-7,21H,4-5,8H2,1-3H3;1-7H,8,12H2;4*1H4;2*1H/i;;;1+1D3;1+1;1+0D3;1+0;;. The third-order valence-corrected chi connectivity index (χ3v) is 13.8. The van der Waals surface area contributed by atoms with Gasteiger partial charge in [-0.3, -0.25) is 14.4 Å². The molecule has 3 amide bonds. The molecule has 64 heavy (non-hydrogen) atoms. The zero-order chi connectivity index (χ0) is 48.9. The number of benzene rings is 6. The molecule has 1 heterocycles. The van der Waals surface area contributed by atoms with Gasteiger partial charge in [0.1, 0.15) is 6.16 Å². The maximum Gasteiger partial charge on any atom is 0.369 e. The Morgan fingerprint density at radius 2 is 1.03 bits per heavy atom. The normalized spacial score (nSPS) is 12.6. The van der Waals surface area contributed by atoms with Crippen LogP contribution in [-0.4, -0.2) is 41.1 Å². The molecule has 1 saturated heterocycles. The van der Waals surface area contributed by atoms with Gasteiger partial charge < -0.3 is 49.9 Å². The molecule has 2 unspecified atom stereocenters. The van der Waals surface area contributed by atoms with Crippen LogP contribution in [0.2, 0.25) is 0 Å². The van der Waals surface area contributed by atoms with E-state index in [0.717, 1.165) is 0 Å². The van der Waals surface area contributed by atoms with Crippen molar-refractivity contribution in [3.05, 3.63) is 154 Å². The molecule has 2 atom stereocenters. The fraction of sp³-hybridized carbons (Fsp3) is 0.308. The van der Waals surface area contributed by atoms with Gasteiger partial charge in [0.15, 0.2) is 6.16 Å². The van der Waals surface area contributed by atoms with Gasteiger partial charge in [-0.25, -0.2) is 4.79 Å². The summed E-state index contributed by atoms with van der Waals surface area (Å²) in [5.41, 5.74) is 15.5. The topological polar surface area (TPSA) is 119 Å². The number of aryl methyl sites for hydroxylation is 6. The monoisotopic (exact) mass is 1050 g/mol. The Morgan fingerprint density at radius 3 is 1.48 bits per heavy atom. The first-order valence-corrected chi connectivity index (χ1v) is 22.4. The third-order valence-electron chi connectivity index (χ3n) is 10.1. The summed E-state index contributed by atoms with van der Waals surface area (Å²) >= 11 is 0. The number of carbonyl (C=O) groups excluding carboxylic acids is 4. The number of nitrogens with two attached hydrogens (primary N) is 1. The SMILES string of the molecule is Cc1cc(C)c([PH2+]CC(=O)NCc2cccc3ccccc23)c(C)c1.Cc1cc(C)c([PH2+]CC(=O)ON2C(=O)CCC2=O)c(C)c1.NCc1cccc2ccccc12.[12CH4].[13CH4].[2H][12CH]([2H])[2H].[2H][13CH]([2H])[2H].[Br-].[Br-]. The maximum absolute atomic E-state index is 12.3. The zero-order valence-corrected chi connectivity index (χ0v) is 41.7. The van der Waals surface area contributed by atoms with Crippen molar-refractivity contribution < 1.29 is 66.2 Å². The van der Waals surface area contributed by atoms with Crippen LogP contribution in [0.5, 0.6) is 0 Å². The molecule has 1 aliphatic heterocycles. The molecule has 8 nitrogen and oxygen atoms in total. The third kappa shape index (κ3) is 17.2. The Kier molecular flexibility index (Phi) is 23.8. The van der Waals surface area contributed by atoms with E-state index in [2.05, 4.69) is 98.9 Å². The lowest BCUT2D eigenvalue weighted by atomic mass is 10.0. The Morgan fingerprint density at radius 1 is 0.641 bits per heavy atom. The van der Waals surface area contributed by atoms with E-state index in [1.165, 1.54) is 76.7 Å². The van der Waals surface area contributed by atoms with E-state index in [9.17, 15) is 19.2 Å². The van der Waals surface area contributed by atoms with Crippen molar-refractivity contribution in [3.8, 4) is 0 Å². The van der Waals surface area contributed by atoms with Gasteiger partial charge in [0, 0.05) is 51.3 Å². The van der Waals surface area contributed by atoms with Crippen molar-refractivity contribution in [1.82, 2.24) is 10.4 Å². The zero-order valence-electron chi connectivity index (χ0n) is 42.3. The van der Waals surface area contributed by atoms with E-state index in [4.69, 9.17) is 18.8 Å². The number of nitrogens with one attached hydrogen (secondary N) is 1. The molecular formula is C52H71Br2N3O5P2. The van der Waals surface area contributed by atoms with E-state index >= 15 is 0 Å². The quantitative estimate of drug-likeness (QED) is 0.121. The van der Waals surface area contributed by atoms with Gasteiger partial charge in [-0.2, -0.15) is 0 Å². The van der Waals surface area contributed by atoms with Crippen LogP contribution in [0.1, 0.15) is 95.1 Å². The van der Waals surface area contributed by atoms with Crippen molar-refractivity contribution in [1.29, 1.82) is 0 Å². The molecule has 0 aromatic heterocycles. The first-order chi connectivity index (χ1) is 31.3. The summed E-state index contributed by atoms with van der Waals surface area (Å²) in [6.45, 7) is 13.7. The summed E-state index contributed by atoms with van der Waals surface area (Å²) in [5.74, 6) is -1.26. The molecule has 0 bridgehead atoms. The Bertz CT molecular complexity index is 2510. The summed E-state index contributed by atoms with van der Waals surface area (Å²) in [6.07, 6.45) is 1.07. The second-order valence-electron chi connectivity index (χ2n) is 14.7. The molecule has 12 heteroatoms. The van der Waals surface area contributed by atoms with Crippen LogP contribution in [0.3, 0.4) is 0 Å². The Balaban J connectivity index is 0. The molecule has 0 aliphatic carbocycles. The van der Waals surface area contributed by atoms with E-state index in [-0.39, 0.29) is 90.9 Å². The highest BCUT2D eigenvalue weighted by Gasteiger charge is 2.33. The Hall–Kier alpha value is -4.30. The summed E-state index contributed by atoms with van der Waals surface area (Å²) in [6, 6.07) is 37.7. The number of imide groups is 1. The van der Waals surface area contributed by atoms with Gasteiger partial charge in [0.05, 0.1) is 10.6 Å². The minimum Gasteiger partial charge on any atom is -1.00 e. The van der Waals surface area contributed by atoms with Gasteiger partial charge in [0.25, 0.3) is 17.7 Å². The van der Waals surface area contributed by atoms with Gasteiger partial charge in [0.2, 0.25) is 0 Å². The molecule has 1 aliphatic rings. The molecule has 3 N–H and O–H groups in total. The van der Waals surface area contributed by atoms with Crippen molar-refractivity contribution in [2.24, 2.45) is 5.73 Å². The molecule has 0 radical (unpaired) electrons. The smallest absolute Gasteiger partial charge is 0.369 e. The van der Waals surface area contributed by atoms with Crippen molar-refractivity contribution >= 4 is 73.0 Å². The molecule has 6 aromatic carbocycles. The maximum atomic E-state index is 12.3. The fourth-order valence-corrected chi connectivity index (χ4v) is 9.99. The number of halogens is 2. The largest absolute Gasteiger partial charge is 1.00 e. The van der Waals surface area contributed by atoms with Crippen molar-refractivity contribution in [2.45, 2.75) is 97.0 Å². The predicted octanol–water partition coefficient (Wildman–Crippen LogP) is 4.22. The van der Waals surface area contributed by atoms with Gasteiger partial charge in [-0.15, -0.1) is 5.06 Å². The van der Waals surface area contributed by atoms with Crippen LogP contribution in [0.25, 0.3) is 21.5 Å². The average Bonchev–Trinajstić information content (AvgIpc) is 3.57. The van der Waals surface area contributed by atoms with Gasteiger partial charge in [-0.05, 0) is 96.5 Å². The fourth-order valence-electron chi connectivity index (χ4n) is 7.39. The number of nitrogens with zero attached hydrogens (tertiary/aromatic N) is 1. The van der Waals surface area contributed by atoms with Crippen LogP contribution >= 0.6 is 17.2 Å². The summed E-state index contributed by atoms with van der Waals surface area (Å²) in [7, 11) is -3.15. The first kappa shape index (κ1) is 50.7. The average molecular weight is 1050 g/mol. The minimum absolute atomic E-state index is 0. The predicted molar refractivity (Wildman–Crippen MR) is 271 cm³/mol. The number of rotatable bonds is 10. The molecule has 348 valence electrons. The lowest BCUT2D eigenvalue weighted by Gasteiger charge is -2.11. The summed E-state index contributed by atoms with van der Waals surface area (Å²) in [4.78, 5) is 51.8. The highest BCUT2D eigenvalue weighted by molar-refractivity contribution is 7.48. The molecule has 0 spiro atoms. The molecule has 0 saturated carbocycles. The lowest BCUT2D eigenvalue weighted by molar-refractivity contribution is -0.195. The van der Waals surface area contributed by atoms with Crippen LogP contribution in [0, 0.1) is 41.5 Å². The Labute approximate surface area is 416 Å². The number of hydroxylamine groups is 2. The van der Waals surface area contributed by atoms with E-state index < -0.39 is 32.5 Å². The van der Waals surface area contributed by atoms with Gasteiger partial charge in [-0.1, -0.05) is 150 Å². The molecule has 6 aromatic rings. The second kappa shape index (κ2) is 30.0. The van der Waals surface area contributed by atoms with Crippen LogP contribution in [-0.2, 0) is 37.1 Å². The van der Waals surface area contributed by atoms with E-state index in [1.807, 2.05) is 57.2 Å².